The van der Waals surface area contributed by atoms with E-state index in [9.17, 15) is 18.0 Å². The quantitative estimate of drug-likeness (QED) is 0.743. The van der Waals surface area contributed by atoms with Crippen molar-refractivity contribution in [3.63, 3.8) is 0 Å². The molecule has 0 saturated carbocycles. The highest BCUT2D eigenvalue weighted by molar-refractivity contribution is 7.92. The molecule has 1 aliphatic heterocycles. The molecule has 3 aromatic rings. The molecule has 26 heavy (non-hydrogen) atoms. The Balaban J connectivity index is 1.65. The van der Waals surface area contributed by atoms with Crippen LogP contribution in [0.3, 0.4) is 0 Å². The third-order valence-corrected chi connectivity index (χ3v) is 6.39. The number of rotatable bonds is 4. The summed E-state index contributed by atoms with van der Waals surface area (Å²) in [6.07, 6.45) is 0.659. The number of nitrogens with one attached hydrogen (secondary N) is 1. The van der Waals surface area contributed by atoms with Crippen LogP contribution in [-0.4, -0.2) is 30.3 Å². The van der Waals surface area contributed by atoms with Gasteiger partial charge in [-0.3, -0.25) is 13.7 Å². The van der Waals surface area contributed by atoms with Crippen LogP contribution in [0.2, 0.25) is 0 Å². The summed E-state index contributed by atoms with van der Waals surface area (Å²) in [7, 11) is -3.64. The molecule has 0 fully saturated rings. The first-order chi connectivity index (χ1) is 12.5. The van der Waals surface area contributed by atoms with E-state index in [0.717, 1.165) is 10.1 Å². The standard InChI is InChI=1S/C18H17N3O4S/c22-17-14-6-2-3-7-15(14)19-18(23)20(17)11-12-26(24,25)21-10-9-13-5-1-4-8-16(13)21/h1-8H,9-12H2,(H,19,23). The fraction of sp³-hybridized carbons (Fsp3) is 0.222. The van der Waals surface area contributed by atoms with Gasteiger partial charge in [-0.25, -0.2) is 13.2 Å². The number of aromatic amines is 1. The SMILES string of the molecule is O=c1[nH]c2ccccc2c(=O)n1CCS(=O)(=O)N1CCc2ccccc21. The van der Waals surface area contributed by atoms with Crippen molar-refractivity contribution in [1.82, 2.24) is 9.55 Å². The van der Waals surface area contributed by atoms with Gasteiger partial charge in [-0.1, -0.05) is 30.3 Å². The van der Waals surface area contributed by atoms with Crippen LogP contribution in [0.4, 0.5) is 5.69 Å². The molecule has 7 nitrogen and oxygen atoms in total. The van der Waals surface area contributed by atoms with Gasteiger partial charge in [-0.15, -0.1) is 0 Å². The topological polar surface area (TPSA) is 92.2 Å². The van der Waals surface area contributed by atoms with E-state index in [1.807, 2.05) is 12.1 Å². The summed E-state index contributed by atoms with van der Waals surface area (Å²) in [6, 6.07) is 14.0. The Morgan fingerprint density at radius 1 is 1.00 bits per heavy atom. The Morgan fingerprint density at radius 2 is 1.73 bits per heavy atom. The minimum atomic E-state index is -3.64. The van der Waals surface area contributed by atoms with Gasteiger partial charge >= 0.3 is 5.69 Å². The number of H-pyrrole nitrogens is 1. The minimum absolute atomic E-state index is 0.194. The average Bonchev–Trinajstić information content (AvgIpc) is 3.06. The van der Waals surface area contributed by atoms with Crippen LogP contribution in [0.25, 0.3) is 10.9 Å². The lowest BCUT2D eigenvalue weighted by molar-refractivity contribution is 0.580. The second kappa shape index (κ2) is 6.14. The van der Waals surface area contributed by atoms with Gasteiger partial charge in [0.25, 0.3) is 5.56 Å². The number of fused-ring (bicyclic) bond motifs is 2. The van der Waals surface area contributed by atoms with Crippen molar-refractivity contribution in [2.75, 3.05) is 16.6 Å². The third-order valence-electron chi connectivity index (χ3n) is 4.64. The number of hydrogen-bond acceptors (Lipinski definition) is 4. The van der Waals surface area contributed by atoms with E-state index in [2.05, 4.69) is 4.98 Å². The number of sulfonamides is 1. The fourth-order valence-corrected chi connectivity index (χ4v) is 4.80. The molecule has 0 unspecified atom stereocenters. The molecule has 1 aromatic heterocycles. The lowest BCUT2D eigenvalue weighted by Gasteiger charge is -2.19. The Hall–Kier alpha value is -2.87. The minimum Gasteiger partial charge on any atom is -0.307 e. The lowest BCUT2D eigenvalue weighted by atomic mass is 10.2. The van der Waals surface area contributed by atoms with Crippen molar-refractivity contribution in [2.24, 2.45) is 0 Å². The van der Waals surface area contributed by atoms with Crippen molar-refractivity contribution < 1.29 is 8.42 Å². The maximum absolute atomic E-state index is 12.8. The van der Waals surface area contributed by atoms with E-state index in [1.54, 1.807) is 36.4 Å². The fourth-order valence-electron chi connectivity index (χ4n) is 3.32. The van der Waals surface area contributed by atoms with Gasteiger partial charge in [0.15, 0.2) is 0 Å². The molecule has 0 aliphatic carbocycles. The first kappa shape index (κ1) is 16.6. The van der Waals surface area contributed by atoms with Crippen molar-refractivity contribution >= 4 is 26.6 Å². The monoisotopic (exact) mass is 371 g/mol. The summed E-state index contributed by atoms with van der Waals surface area (Å²) in [5.74, 6) is -0.317. The van der Waals surface area contributed by atoms with Gasteiger partial charge < -0.3 is 4.98 Å². The van der Waals surface area contributed by atoms with Crippen LogP contribution < -0.4 is 15.6 Å². The van der Waals surface area contributed by atoms with Crippen LogP contribution in [-0.2, 0) is 23.0 Å². The predicted octanol–water partition coefficient (Wildman–Crippen LogP) is 1.08. The van der Waals surface area contributed by atoms with Crippen molar-refractivity contribution in [3.8, 4) is 0 Å². The maximum Gasteiger partial charge on any atom is 0.328 e. The smallest absolute Gasteiger partial charge is 0.307 e. The average molecular weight is 371 g/mol. The summed E-state index contributed by atoms with van der Waals surface area (Å²) in [4.78, 5) is 27.3. The second-order valence-electron chi connectivity index (χ2n) is 6.20. The first-order valence-electron chi connectivity index (χ1n) is 8.27. The molecule has 1 N–H and O–H groups in total. The number of para-hydroxylation sites is 2. The molecule has 0 saturated heterocycles. The number of benzene rings is 2. The summed E-state index contributed by atoms with van der Waals surface area (Å²) in [5, 5.41) is 0.357. The molecule has 0 amide bonds. The van der Waals surface area contributed by atoms with E-state index in [1.165, 1.54) is 4.31 Å². The van der Waals surface area contributed by atoms with Crippen molar-refractivity contribution in [3.05, 3.63) is 74.9 Å². The molecular formula is C18H17N3O4S. The Kier molecular flexibility index (Phi) is 3.91. The van der Waals surface area contributed by atoms with E-state index in [4.69, 9.17) is 0 Å². The molecule has 134 valence electrons. The van der Waals surface area contributed by atoms with Gasteiger partial charge in [0, 0.05) is 13.1 Å². The number of aromatic nitrogens is 2. The van der Waals surface area contributed by atoms with Crippen LogP contribution in [0.5, 0.6) is 0 Å². The Labute approximate surface area is 149 Å². The van der Waals surface area contributed by atoms with Crippen LogP contribution >= 0.6 is 0 Å². The van der Waals surface area contributed by atoms with Crippen molar-refractivity contribution in [2.45, 2.75) is 13.0 Å². The van der Waals surface area contributed by atoms with Gasteiger partial charge in [0.2, 0.25) is 10.0 Å². The summed E-state index contributed by atoms with van der Waals surface area (Å²) in [6.45, 7) is 0.185. The Morgan fingerprint density at radius 3 is 2.58 bits per heavy atom. The first-order valence-corrected chi connectivity index (χ1v) is 9.88. The van der Waals surface area contributed by atoms with E-state index in [-0.39, 0.29) is 12.3 Å². The molecule has 0 radical (unpaired) electrons. The van der Waals surface area contributed by atoms with E-state index >= 15 is 0 Å². The molecule has 4 rings (SSSR count). The predicted molar refractivity (Wildman–Crippen MR) is 100 cm³/mol. The second-order valence-corrected chi connectivity index (χ2v) is 8.21. The molecule has 0 bridgehead atoms. The molecule has 0 spiro atoms. The van der Waals surface area contributed by atoms with Gasteiger partial charge in [0.05, 0.1) is 22.3 Å². The van der Waals surface area contributed by atoms with Gasteiger partial charge in [0.1, 0.15) is 0 Å². The Bertz CT molecular complexity index is 1210. The molecule has 0 atom stereocenters. The van der Waals surface area contributed by atoms with E-state index in [0.29, 0.717) is 29.6 Å². The number of anilines is 1. The summed E-state index contributed by atoms with van der Waals surface area (Å²) in [5.41, 5.74) is 1.01. The zero-order valence-electron chi connectivity index (χ0n) is 13.9. The van der Waals surface area contributed by atoms with E-state index < -0.39 is 21.3 Å². The molecule has 2 heterocycles. The molecule has 1 aliphatic rings. The highest BCUT2D eigenvalue weighted by atomic mass is 32.2. The largest absolute Gasteiger partial charge is 0.328 e. The van der Waals surface area contributed by atoms with Crippen LogP contribution in [0.15, 0.2) is 58.1 Å². The van der Waals surface area contributed by atoms with Gasteiger partial charge in [-0.05, 0) is 30.2 Å². The third kappa shape index (κ3) is 2.72. The molecule has 8 heteroatoms. The molecular weight excluding hydrogens is 354 g/mol. The number of nitrogens with zero attached hydrogens (tertiary/aromatic N) is 2. The highest BCUT2D eigenvalue weighted by Crippen LogP contribution is 2.29. The molecule has 2 aromatic carbocycles. The zero-order chi connectivity index (χ0) is 18.3. The summed E-state index contributed by atoms with van der Waals surface area (Å²) >= 11 is 0. The number of hydrogen-bond donors (Lipinski definition) is 1. The van der Waals surface area contributed by atoms with Crippen LogP contribution in [0.1, 0.15) is 5.56 Å². The van der Waals surface area contributed by atoms with Gasteiger partial charge in [-0.2, -0.15) is 0 Å². The zero-order valence-corrected chi connectivity index (χ0v) is 14.7. The maximum atomic E-state index is 12.8. The summed E-state index contributed by atoms with van der Waals surface area (Å²) < 4.78 is 27.8. The normalized spacial score (nSPS) is 13.9. The van der Waals surface area contributed by atoms with Crippen molar-refractivity contribution in [1.29, 1.82) is 0 Å². The lowest BCUT2D eigenvalue weighted by Crippen LogP contribution is -2.39. The van der Waals surface area contributed by atoms with Crippen LogP contribution in [0, 0.1) is 0 Å². The highest BCUT2D eigenvalue weighted by Gasteiger charge is 2.29.